The lowest BCUT2D eigenvalue weighted by molar-refractivity contribution is 0.381. The Morgan fingerprint density at radius 1 is 1.39 bits per heavy atom. The first-order valence-electron chi connectivity index (χ1n) is 6.70. The topological polar surface area (TPSA) is 47.3 Å². The average Bonchev–Trinajstić information content (AvgIpc) is 2.38. The van der Waals surface area contributed by atoms with Crippen molar-refractivity contribution in [3.8, 4) is 5.75 Å². The summed E-state index contributed by atoms with van der Waals surface area (Å²) in [6, 6.07) is 6.58. The van der Waals surface area contributed by atoms with Gasteiger partial charge in [-0.25, -0.2) is 0 Å². The van der Waals surface area contributed by atoms with E-state index in [1.54, 1.807) is 7.11 Å². The molecule has 1 rings (SSSR count). The third-order valence-electron chi connectivity index (χ3n) is 3.52. The molecular formula is C15H26N2O. The first-order chi connectivity index (χ1) is 8.60. The lowest BCUT2D eigenvalue weighted by Crippen LogP contribution is -2.38. The van der Waals surface area contributed by atoms with Gasteiger partial charge in [-0.15, -0.1) is 0 Å². The van der Waals surface area contributed by atoms with Crippen LogP contribution in [0.25, 0.3) is 0 Å². The van der Waals surface area contributed by atoms with Gasteiger partial charge < -0.3 is 4.74 Å². The molecule has 0 saturated heterocycles. The summed E-state index contributed by atoms with van der Waals surface area (Å²) in [7, 11) is 1.72. The molecule has 0 heterocycles. The van der Waals surface area contributed by atoms with Gasteiger partial charge in [-0.1, -0.05) is 38.0 Å². The van der Waals surface area contributed by atoms with Gasteiger partial charge in [-0.3, -0.25) is 11.3 Å². The van der Waals surface area contributed by atoms with Crippen LogP contribution in [-0.2, 0) is 6.42 Å². The molecule has 102 valence electrons. The summed E-state index contributed by atoms with van der Waals surface area (Å²) < 4.78 is 5.41. The average molecular weight is 250 g/mol. The van der Waals surface area contributed by atoms with Gasteiger partial charge in [-0.05, 0) is 37.3 Å². The molecule has 0 amide bonds. The Morgan fingerprint density at radius 3 is 2.67 bits per heavy atom. The third kappa shape index (κ3) is 4.31. The highest BCUT2D eigenvalue weighted by atomic mass is 16.5. The molecule has 1 aromatic carbocycles. The van der Waals surface area contributed by atoms with Crippen LogP contribution in [0, 0.1) is 12.8 Å². The lowest BCUT2D eigenvalue weighted by atomic mass is 9.94. The number of hydrogen-bond donors (Lipinski definition) is 2. The van der Waals surface area contributed by atoms with E-state index in [4.69, 9.17) is 10.6 Å². The van der Waals surface area contributed by atoms with Crippen molar-refractivity contribution >= 4 is 0 Å². The molecule has 1 aromatic rings. The largest absolute Gasteiger partial charge is 0.496 e. The van der Waals surface area contributed by atoms with E-state index in [0.29, 0.717) is 12.0 Å². The highest BCUT2D eigenvalue weighted by Gasteiger charge is 2.14. The maximum absolute atomic E-state index is 5.66. The van der Waals surface area contributed by atoms with Crippen LogP contribution in [0.3, 0.4) is 0 Å². The fraction of sp³-hybridized carbons (Fsp3) is 0.600. The third-order valence-corrected chi connectivity index (χ3v) is 3.52. The van der Waals surface area contributed by atoms with E-state index in [0.717, 1.165) is 18.6 Å². The number of hydrogen-bond acceptors (Lipinski definition) is 3. The van der Waals surface area contributed by atoms with E-state index in [-0.39, 0.29) is 0 Å². The molecule has 0 aliphatic rings. The zero-order chi connectivity index (χ0) is 13.5. The molecule has 0 spiro atoms. The molecule has 0 saturated carbocycles. The number of rotatable bonds is 7. The van der Waals surface area contributed by atoms with E-state index in [1.807, 2.05) is 6.07 Å². The summed E-state index contributed by atoms with van der Waals surface area (Å²) in [5, 5.41) is 0. The van der Waals surface area contributed by atoms with Gasteiger partial charge in [0.15, 0.2) is 0 Å². The van der Waals surface area contributed by atoms with Gasteiger partial charge in [0.2, 0.25) is 0 Å². The van der Waals surface area contributed by atoms with Crippen molar-refractivity contribution in [1.29, 1.82) is 0 Å². The van der Waals surface area contributed by atoms with Crippen molar-refractivity contribution < 1.29 is 4.74 Å². The Kier molecular flexibility index (Phi) is 6.16. The molecule has 2 unspecified atom stereocenters. The first kappa shape index (κ1) is 15.0. The molecule has 0 radical (unpaired) electrons. The molecule has 2 atom stereocenters. The standard InChI is InChI=1S/C15H26N2O/c1-5-11(2)9-14(17-16)10-13-8-12(3)6-7-15(13)18-4/h6-8,11,14,17H,5,9-10,16H2,1-4H3. The number of ether oxygens (including phenoxy) is 1. The molecule has 18 heavy (non-hydrogen) atoms. The quantitative estimate of drug-likeness (QED) is 0.578. The molecular weight excluding hydrogens is 224 g/mol. The minimum atomic E-state index is 0.302. The van der Waals surface area contributed by atoms with Gasteiger partial charge >= 0.3 is 0 Å². The van der Waals surface area contributed by atoms with E-state index in [1.165, 1.54) is 17.5 Å². The van der Waals surface area contributed by atoms with E-state index in [9.17, 15) is 0 Å². The maximum Gasteiger partial charge on any atom is 0.122 e. The number of methoxy groups -OCH3 is 1. The van der Waals surface area contributed by atoms with Crippen LogP contribution >= 0.6 is 0 Å². The minimum Gasteiger partial charge on any atom is -0.496 e. The van der Waals surface area contributed by atoms with E-state index in [2.05, 4.69) is 38.3 Å². The Morgan fingerprint density at radius 2 is 2.11 bits per heavy atom. The predicted octanol–water partition coefficient (Wildman–Crippen LogP) is 2.81. The highest BCUT2D eigenvalue weighted by Crippen LogP contribution is 2.23. The Balaban J connectivity index is 2.77. The maximum atomic E-state index is 5.66. The number of hydrazine groups is 1. The first-order valence-corrected chi connectivity index (χ1v) is 6.70. The van der Waals surface area contributed by atoms with Gasteiger partial charge in [0, 0.05) is 6.04 Å². The van der Waals surface area contributed by atoms with Crippen LogP contribution in [0.2, 0.25) is 0 Å². The van der Waals surface area contributed by atoms with Crippen LogP contribution < -0.4 is 16.0 Å². The zero-order valence-electron chi connectivity index (χ0n) is 12.0. The van der Waals surface area contributed by atoms with Gasteiger partial charge in [0.1, 0.15) is 5.75 Å². The Bertz CT molecular complexity index is 366. The fourth-order valence-electron chi connectivity index (χ4n) is 2.20. The molecule has 0 aliphatic carbocycles. The van der Waals surface area contributed by atoms with Crippen LogP contribution in [0.15, 0.2) is 18.2 Å². The Labute approximate surface area is 111 Å². The summed E-state index contributed by atoms with van der Waals surface area (Å²) >= 11 is 0. The number of benzene rings is 1. The fourth-order valence-corrected chi connectivity index (χ4v) is 2.20. The van der Waals surface area contributed by atoms with Crippen LogP contribution in [0.4, 0.5) is 0 Å². The van der Waals surface area contributed by atoms with Crippen molar-refractivity contribution in [2.45, 2.75) is 46.1 Å². The van der Waals surface area contributed by atoms with Crippen molar-refractivity contribution in [3.05, 3.63) is 29.3 Å². The SMILES string of the molecule is CCC(C)CC(Cc1cc(C)ccc1OC)NN. The highest BCUT2D eigenvalue weighted by molar-refractivity contribution is 5.37. The number of nitrogens with two attached hydrogens (primary N) is 1. The summed E-state index contributed by atoms with van der Waals surface area (Å²) in [5.41, 5.74) is 5.41. The van der Waals surface area contributed by atoms with Gasteiger partial charge in [0.25, 0.3) is 0 Å². The van der Waals surface area contributed by atoms with Gasteiger partial charge in [0.05, 0.1) is 7.11 Å². The second-order valence-corrected chi connectivity index (χ2v) is 5.13. The monoisotopic (exact) mass is 250 g/mol. The van der Waals surface area contributed by atoms with Crippen molar-refractivity contribution in [2.24, 2.45) is 11.8 Å². The molecule has 3 nitrogen and oxygen atoms in total. The number of nitrogens with one attached hydrogen (secondary N) is 1. The van der Waals surface area contributed by atoms with Crippen molar-refractivity contribution in [3.63, 3.8) is 0 Å². The zero-order valence-corrected chi connectivity index (χ0v) is 12.0. The molecule has 0 aliphatic heterocycles. The normalized spacial score (nSPS) is 14.3. The molecule has 3 heteroatoms. The van der Waals surface area contributed by atoms with Gasteiger partial charge in [-0.2, -0.15) is 0 Å². The number of aryl methyl sites for hydroxylation is 1. The lowest BCUT2D eigenvalue weighted by Gasteiger charge is -2.20. The molecule has 0 aromatic heterocycles. The summed E-state index contributed by atoms with van der Waals surface area (Å²) in [6.07, 6.45) is 3.18. The minimum absolute atomic E-state index is 0.302. The van der Waals surface area contributed by atoms with Crippen LogP contribution in [0.5, 0.6) is 5.75 Å². The van der Waals surface area contributed by atoms with E-state index >= 15 is 0 Å². The van der Waals surface area contributed by atoms with E-state index < -0.39 is 0 Å². The van der Waals surface area contributed by atoms with Crippen LogP contribution in [0.1, 0.15) is 37.8 Å². The summed E-state index contributed by atoms with van der Waals surface area (Å²) in [4.78, 5) is 0. The predicted molar refractivity (Wildman–Crippen MR) is 76.6 cm³/mol. The molecule has 3 N–H and O–H groups in total. The Hall–Kier alpha value is -1.06. The second-order valence-electron chi connectivity index (χ2n) is 5.13. The summed E-state index contributed by atoms with van der Waals surface area (Å²) in [6.45, 7) is 6.58. The molecule has 0 bridgehead atoms. The molecule has 0 fully saturated rings. The summed E-state index contributed by atoms with van der Waals surface area (Å²) in [5.74, 6) is 7.29. The van der Waals surface area contributed by atoms with Crippen LogP contribution in [-0.4, -0.2) is 13.2 Å². The van der Waals surface area contributed by atoms with Crippen molar-refractivity contribution in [2.75, 3.05) is 7.11 Å². The second kappa shape index (κ2) is 7.39. The van der Waals surface area contributed by atoms with Crippen molar-refractivity contribution in [1.82, 2.24) is 5.43 Å². The smallest absolute Gasteiger partial charge is 0.122 e.